The summed E-state index contributed by atoms with van der Waals surface area (Å²) in [5, 5.41) is 23.0. The fourth-order valence-electron chi connectivity index (χ4n) is 3.40. The Balaban J connectivity index is 1.84. The predicted molar refractivity (Wildman–Crippen MR) is 91.0 cm³/mol. The van der Waals surface area contributed by atoms with Gasteiger partial charge in [-0.2, -0.15) is 13.2 Å². The molecule has 1 amide bonds. The number of alkyl halides is 3. The maximum atomic E-state index is 12.7. The SMILES string of the molecule is Cc1ccccc1C(=O)N[C@H]1[C@H](O)[C@H](O)C[C@@H]1c1ccc(C(F)(F)F)nc1. The molecule has 1 aromatic heterocycles. The van der Waals surface area contributed by atoms with Gasteiger partial charge in [-0.05, 0) is 36.6 Å². The molecular formula is C19H19F3N2O3. The minimum atomic E-state index is -4.55. The smallest absolute Gasteiger partial charge is 0.390 e. The number of nitrogens with one attached hydrogen (secondary N) is 1. The number of halogens is 3. The lowest BCUT2D eigenvalue weighted by Gasteiger charge is -2.24. The third-order valence-electron chi connectivity index (χ3n) is 4.88. The molecule has 27 heavy (non-hydrogen) atoms. The second kappa shape index (κ2) is 7.28. The Morgan fingerprint density at radius 1 is 1.19 bits per heavy atom. The Labute approximate surface area is 153 Å². The summed E-state index contributed by atoms with van der Waals surface area (Å²) >= 11 is 0. The topological polar surface area (TPSA) is 82.5 Å². The molecule has 0 radical (unpaired) electrons. The van der Waals surface area contributed by atoms with E-state index in [2.05, 4.69) is 10.3 Å². The quantitative estimate of drug-likeness (QED) is 0.764. The van der Waals surface area contributed by atoms with E-state index in [4.69, 9.17) is 0 Å². The summed E-state index contributed by atoms with van der Waals surface area (Å²) in [7, 11) is 0. The van der Waals surface area contributed by atoms with E-state index >= 15 is 0 Å². The molecular weight excluding hydrogens is 361 g/mol. The van der Waals surface area contributed by atoms with Crippen molar-refractivity contribution >= 4 is 5.91 Å². The maximum absolute atomic E-state index is 12.7. The molecule has 1 aliphatic rings. The predicted octanol–water partition coefficient (Wildman–Crippen LogP) is 2.42. The number of benzene rings is 1. The Morgan fingerprint density at radius 2 is 1.89 bits per heavy atom. The zero-order valence-electron chi connectivity index (χ0n) is 14.4. The van der Waals surface area contributed by atoms with E-state index in [0.29, 0.717) is 11.1 Å². The Kier molecular flexibility index (Phi) is 5.21. The van der Waals surface area contributed by atoms with Crippen molar-refractivity contribution in [1.82, 2.24) is 10.3 Å². The number of aliphatic hydroxyl groups is 2. The van der Waals surface area contributed by atoms with Gasteiger partial charge in [0.05, 0.1) is 12.1 Å². The van der Waals surface area contributed by atoms with Crippen LogP contribution in [-0.4, -0.2) is 39.4 Å². The summed E-state index contributed by atoms with van der Waals surface area (Å²) in [6.07, 6.45) is -5.70. The molecule has 0 saturated heterocycles. The van der Waals surface area contributed by atoms with Crippen molar-refractivity contribution in [2.24, 2.45) is 0 Å². The average Bonchev–Trinajstić information content (AvgIpc) is 2.90. The highest BCUT2D eigenvalue weighted by Gasteiger charge is 2.43. The lowest BCUT2D eigenvalue weighted by Crippen LogP contribution is -2.45. The van der Waals surface area contributed by atoms with Crippen molar-refractivity contribution in [3.8, 4) is 0 Å². The molecule has 1 heterocycles. The van der Waals surface area contributed by atoms with E-state index in [-0.39, 0.29) is 6.42 Å². The molecule has 1 fully saturated rings. The van der Waals surface area contributed by atoms with Gasteiger partial charge in [0, 0.05) is 17.7 Å². The Hall–Kier alpha value is -2.45. The van der Waals surface area contributed by atoms with Gasteiger partial charge in [-0.3, -0.25) is 9.78 Å². The second-order valence-corrected chi connectivity index (χ2v) is 6.69. The van der Waals surface area contributed by atoms with Crippen molar-refractivity contribution in [2.45, 2.75) is 43.7 Å². The first-order valence-corrected chi connectivity index (χ1v) is 8.44. The van der Waals surface area contributed by atoms with E-state index in [1.165, 1.54) is 6.07 Å². The molecule has 0 aliphatic heterocycles. The fourth-order valence-corrected chi connectivity index (χ4v) is 3.40. The molecule has 4 atom stereocenters. The number of pyridine rings is 1. The van der Waals surface area contributed by atoms with Crippen LogP contribution in [0.5, 0.6) is 0 Å². The van der Waals surface area contributed by atoms with E-state index < -0.39 is 41.9 Å². The van der Waals surface area contributed by atoms with Crippen LogP contribution in [0.3, 0.4) is 0 Å². The van der Waals surface area contributed by atoms with Gasteiger partial charge in [0.15, 0.2) is 0 Å². The summed E-state index contributed by atoms with van der Waals surface area (Å²) < 4.78 is 38.1. The summed E-state index contributed by atoms with van der Waals surface area (Å²) in [4.78, 5) is 16.0. The van der Waals surface area contributed by atoms with Crippen LogP contribution in [0.2, 0.25) is 0 Å². The highest BCUT2D eigenvalue weighted by atomic mass is 19.4. The molecule has 5 nitrogen and oxygen atoms in total. The van der Waals surface area contributed by atoms with E-state index in [1.54, 1.807) is 31.2 Å². The zero-order valence-corrected chi connectivity index (χ0v) is 14.4. The van der Waals surface area contributed by atoms with Gasteiger partial charge in [0.2, 0.25) is 0 Å². The molecule has 1 saturated carbocycles. The van der Waals surface area contributed by atoms with Crippen LogP contribution in [0.1, 0.15) is 39.5 Å². The van der Waals surface area contributed by atoms with Crippen molar-refractivity contribution in [3.63, 3.8) is 0 Å². The number of aliphatic hydroxyl groups excluding tert-OH is 2. The first-order chi connectivity index (χ1) is 12.7. The van der Waals surface area contributed by atoms with Crippen LogP contribution < -0.4 is 5.32 Å². The Bertz CT molecular complexity index is 824. The second-order valence-electron chi connectivity index (χ2n) is 6.69. The first kappa shape index (κ1) is 19.3. The number of aryl methyl sites for hydroxylation is 1. The third kappa shape index (κ3) is 3.96. The van der Waals surface area contributed by atoms with Gasteiger partial charge in [-0.1, -0.05) is 24.3 Å². The Morgan fingerprint density at radius 3 is 2.48 bits per heavy atom. The molecule has 3 rings (SSSR count). The lowest BCUT2D eigenvalue weighted by atomic mass is 9.94. The third-order valence-corrected chi connectivity index (χ3v) is 4.88. The van der Waals surface area contributed by atoms with Gasteiger partial charge in [-0.15, -0.1) is 0 Å². The van der Waals surface area contributed by atoms with E-state index in [1.807, 2.05) is 0 Å². The number of rotatable bonds is 3. The van der Waals surface area contributed by atoms with Crippen molar-refractivity contribution < 1.29 is 28.2 Å². The van der Waals surface area contributed by atoms with Crippen molar-refractivity contribution in [1.29, 1.82) is 0 Å². The van der Waals surface area contributed by atoms with Crippen molar-refractivity contribution in [3.05, 3.63) is 65.0 Å². The lowest BCUT2D eigenvalue weighted by molar-refractivity contribution is -0.141. The number of hydrogen-bond donors (Lipinski definition) is 3. The minimum absolute atomic E-state index is 0.104. The highest BCUT2D eigenvalue weighted by molar-refractivity contribution is 5.95. The monoisotopic (exact) mass is 380 g/mol. The van der Waals surface area contributed by atoms with Crippen LogP contribution in [0.4, 0.5) is 13.2 Å². The van der Waals surface area contributed by atoms with Gasteiger partial charge in [-0.25, -0.2) is 0 Å². The summed E-state index contributed by atoms with van der Waals surface area (Å²) in [5.41, 5.74) is 0.561. The molecule has 144 valence electrons. The number of carbonyl (C=O) groups excluding carboxylic acids is 1. The standard InChI is InChI=1S/C19H19F3N2O3/c1-10-4-2-3-5-12(10)18(27)24-16-13(8-14(25)17(16)26)11-6-7-15(23-9-11)19(20,21)22/h2-7,9,13-14,16-17,25-26H,8H2,1H3,(H,24,27)/t13-,14-,16-,17-/m1/s1. The number of nitrogens with zero attached hydrogens (tertiary/aromatic N) is 1. The summed E-state index contributed by atoms with van der Waals surface area (Å²) in [6, 6.07) is 8.18. The number of hydrogen-bond acceptors (Lipinski definition) is 4. The maximum Gasteiger partial charge on any atom is 0.433 e. The highest BCUT2D eigenvalue weighted by Crippen LogP contribution is 2.36. The average molecular weight is 380 g/mol. The first-order valence-electron chi connectivity index (χ1n) is 8.44. The van der Waals surface area contributed by atoms with E-state index in [9.17, 15) is 28.2 Å². The normalized spacial score (nSPS) is 25.4. The van der Waals surface area contributed by atoms with Crippen LogP contribution in [0.15, 0.2) is 42.6 Å². The number of carbonyl (C=O) groups is 1. The largest absolute Gasteiger partial charge is 0.433 e. The molecule has 0 spiro atoms. The van der Waals surface area contributed by atoms with Gasteiger partial charge < -0.3 is 15.5 Å². The molecule has 1 aliphatic carbocycles. The van der Waals surface area contributed by atoms with E-state index in [0.717, 1.165) is 17.8 Å². The summed E-state index contributed by atoms with van der Waals surface area (Å²) in [5.74, 6) is -0.978. The summed E-state index contributed by atoms with van der Waals surface area (Å²) in [6.45, 7) is 1.77. The van der Waals surface area contributed by atoms with Crippen LogP contribution in [0.25, 0.3) is 0 Å². The number of amides is 1. The molecule has 1 aromatic carbocycles. The molecule has 0 bridgehead atoms. The molecule has 3 N–H and O–H groups in total. The number of aromatic nitrogens is 1. The van der Waals surface area contributed by atoms with Crippen LogP contribution in [-0.2, 0) is 6.18 Å². The zero-order chi connectivity index (χ0) is 19.8. The molecule has 8 heteroatoms. The molecule has 0 unspecified atom stereocenters. The van der Waals surface area contributed by atoms with Crippen LogP contribution >= 0.6 is 0 Å². The van der Waals surface area contributed by atoms with Gasteiger partial charge in [0.1, 0.15) is 11.8 Å². The van der Waals surface area contributed by atoms with Gasteiger partial charge >= 0.3 is 6.18 Å². The minimum Gasteiger partial charge on any atom is -0.390 e. The fraction of sp³-hybridized carbons (Fsp3) is 0.368. The van der Waals surface area contributed by atoms with Crippen molar-refractivity contribution in [2.75, 3.05) is 0 Å². The molecule has 2 aromatic rings. The van der Waals surface area contributed by atoms with Crippen LogP contribution in [0, 0.1) is 6.92 Å². The van der Waals surface area contributed by atoms with Gasteiger partial charge in [0.25, 0.3) is 5.91 Å².